The summed E-state index contributed by atoms with van der Waals surface area (Å²) < 4.78 is 51.6. The van der Waals surface area contributed by atoms with E-state index in [1.165, 1.54) is 6.92 Å². The van der Waals surface area contributed by atoms with Crippen molar-refractivity contribution in [2.24, 2.45) is 11.8 Å². The number of ether oxygens (including phenoxy) is 3. The summed E-state index contributed by atoms with van der Waals surface area (Å²) in [6.45, 7) is 1.31. The molecule has 0 bridgehead atoms. The van der Waals surface area contributed by atoms with Gasteiger partial charge in [-0.3, -0.25) is 14.4 Å². The number of methoxy groups -OCH3 is 3. The van der Waals surface area contributed by atoms with Crippen molar-refractivity contribution < 1.29 is 46.6 Å². The van der Waals surface area contributed by atoms with Crippen molar-refractivity contribution >= 4 is 23.8 Å². The molecule has 1 amide bonds. The van der Waals surface area contributed by atoms with Crippen LogP contribution in [0.5, 0.6) is 0 Å². The first-order valence-corrected chi connectivity index (χ1v) is 8.19. The topological polar surface area (TPSA) is 108 Å². The van der Waals surface area contributed by atoms with Crippen LogP contribution in [-0.4, -0.2) is 51.2 Å². The molecule has 0 unspecified atom stereocenters. The van der Waals surface area contributed by atoms with Crippen LogP contribution in [0.3, 0.4) is 0 Å². The van der Waals surface area contributed by atoms with Crippen molar-refractivity contribution in [1.29, 1.82) is 0 Å². The molecule has 0 aliphatic heterocycles. The second-order valence-electron chi connectivity index (χ2n) is 5.93. The van der Waals surface area contributed by atoms with Gasteiger partial charge < -0.3 is 19.5 Å². The molecular weight excluding hydrogens is 399 g/mol. The average Bonchev–Trinajstić information content (AvgIpc) is 2.70. The van der Waals surface area contributed by atoms with Crippen molar-refractivity contribution in [2.75, 3.05) is 21.3 Å². The smallest absolute Gasteiger partial charge is 0.416 e. The van der Waals surface area contributed by atoms with Gasteiger partial charge in [0.25, 0.3) is 5.91 Å². The fraction of sp³-hybridized carbons (Fsp3) is 0.444. The van der Waals surface area contributed by atoms with Crippen LogP contribution in [-0.2, 0) is 34.8 Å². The van der Waals surface area contributed by atoms with Gasteiger partial charge in [-0.2, -0.15) is 13.2 Å². The molecule has 0 aliphatic carbocycles. The number of carbonyl (C=O) groups excluding carboxylic acids is 4. The molecule has 2 atom stereocenters. The van der Waals surface area contributed by atoms with Crippen LogP contribution in [0.15, 0.2) is 24.3 Å². The summed E-state index contributed by atoms with van der Waals surface area (Å²) in [6.07, 6.45) is -4.58. The number of esters is 3. The molecule has 1 N–H and O–H groups in total. The fourth-order valence-electron chi connectivity index (χ4n) is 2.54. The Morgan fingerprint density at radius 2 is 1.31 bits per heavy atom. The molecule has 0 radical (unpaired) electrons. The quantitative estimate of drug-likeness (QED) is 0.406. The zero-order valence-electron chi connectivity index (χ0n) is 16.0. The number of alkyl halides is 3. The number of amides is 1. The van der Waals surface area contributed by atoms with Crippen molar-refractivity contribution in [3.8, 4) is 0 Å². The maximum atomic E-state index is 12.6. The summed E-state index contributed by atoms with van der Waals surface area (Å²) in [6, 6.07) is 1.77. The van der Waals surface area contributed by atoms with Crippen molar-refractivity contribution in [3.63, 3.8) is 0 Å². The van der Waals surface area contributed by atoms with Crippen LogP contribution in [0.4, 0.5) is 13.2 Å². The number of hydrogen-bond acceptors (Lipinski definition) is 7. The van der Waals surface area contributed by atoms with Crippen molar-refractivity contribution in [3.05, 3.63) is 35.4 Å². The largest absolute Gasteiger partial charge is 0.468 e. The fourth-order valence-corrected chi connectivity index (χ4v) is 2.54. The van der Waals surface area contributed by atoms with Gasteiger partial charge in [-0.15, -0.1) is 0 Å². The Kier molecular flexibility index (Phi) is 8.16. The molecule has 0 aliphatic rings. The van der Waals surface area contributed by atoms with Gasteiger partial charge in [0.1, 0.15) is 6.04 Å². The lowest BCUT2D eigenvalue weighted by atomic mass is 9.87. The van der Waals surface area contributed by atoms with Crippen molar-refractivity contribution in [1.82, 2.24) is 5.32 Å². The first-order valence-electron chi connectivity index (χ1n) is 8.19. The summed E-state index contributed by atoms with van der Waals surface area (Å²) in [5, 5.41) is 2.27. The van der Waals surface area contributed by atoms with Crippen LogP contribution in [0.25, 0.3) is 0 Å². The third kappa shape index (κ3) is 5.93. The Labute approximate surface area is 164 Å². The molecule has 11 heteroatoms. The normalized spacial score (nSPS) is 13.2. The standard InChI is InChI=1S/C18H20F3NO7/c1-9(12(15(24)27-2)16(25)28-3)13(17(26)29-4)22-14(23)10-5-7-11(8-6-10)18(19,20)21/h5-9,12-13H,1-4H3,(H,22,23)/t9-,13+/m1/s1. The summed E-state index contributed by atoms with van der Waals surface area (Å²) in [4.78, 5) is 48.5. The van der Waals surface area contributed by atoms with Gasteiger partial charge in [0.05, 0.1) is 26.9 Å². The van der Waals surface area contributed by atoms with E-state index >= 15 is 0 Å². The Morgan fingerprint density at radius 1 is 0.862 bits per heavy atom. The lowest BCUT2D eigenvalue weighted by Crippen LogP contribution is -2.51. The molecule has 0 fully saturated rings. The maximum Gasteiger partial charge on any atom is 0.416 e. The van der Waals surface area contributed by atoms with Crippen LogP contribution in [0, 0.1) is 11.8 Å². The minimum Gasteiger partial charge on any atom is -0.468 e. The van der Waals surface area contributed by atoms with Gasteiger partial charge in [0.2, 0.25) is 0 Å². The predicted octanol–water partition coefficient (Wildman–Crippen LogP) is 1.58. The van der Waals surface area contributed by atoms with E-state index in [9.17, 15) is 32.3 Å². The summed E-state index contributed by atoms with van der Waals surface area (Å²) in [5.41, 5.74) is -1.13. The van der Waals surface area contributed by atoms with E-state index in [2.05, 4.69) is 19.5 Å². The Bertz CT molecular complexity index is 746. The Morgan fingerprint density at radius 3 is 1.69 bits per heavy atom. The highest BCUT2D eigenvalue weighted by molar-refractivity contribution is 5.99. The van der Waals surface area contributed by atoms with Gasteiger partial charge >= 0.3 is 24.1 Å². The van der Waals surface area contributed by atoms with E-state index in [0.717, 1.165) is 33.5 Å². The molecule has 1 aromatic carbocycles. The molecule has 0 saturated heterocycles. The van der Waals surface area contributed by atoms with E-state index in [1.807, 2.05) is 0 Å². The van der Waals surface area contributed by atoms with Gasteiger partial charge in [-0.25, -0.2) is 4.79 Å². The molecule has 0 heterocycles. The van der Waals surface area contributed by atoms with Crippen LogP contribution < -0.4 is 5.32 Å². The minimum atomic E-state index is -4.58. The third-order valence-corrected chi connectivity index (χ3v) is 4.18. The van der Waals surface area contributed by atoms with Crippen LogP contribution >= 0.6 is 0 Å². The number of rotatable bonds is 7. The first kappa shape index (κ1) is 23.9. The summed E-state index contributed by atoms with van der Waals surface area (Å²) in [5.74, 6) is -6.59. The maximum absolute atomic E-state index is 12.6. The molecule has 0 saturated carbocycles. The van der Waals surface area contributed by atoms with Crippen LogP contribution in [0.1, 0.15) is 22.8 Å². The highest BCUT2D eigenvalue weighted by atomic mass is 19.4. The molecular formula is C18H20F3NO7. The van der Waals surface area contributed by atoms with E-state index in [0.29, 0.717) is 12.1 Å². The molecule has 0 spiro atoms. The minimum absolute atomic E-state index is 0.174. The Balaban J connectivity index is 3.15. The lowest BCUT2D eigenvalue weighted by Gasteiger charge is -2.27. The molecule has 1 rings (SSSR count). The Hall–Kier alpha value is -3.11. The predicted molar refractivity (Wildman–Crippen MR) is 91.4 cm³/mol. The van der Waals surface area contributed by atoms with Gasteiger partial charge in [-0.05, 0) is 24.3 Å². The summed E-state index contributed by atoms with van der Waals surface area (Å²) in [7, 11) is 3.08. The van der Waals surface area contributed by atoms with E-state index in [-0.39, 0.29) is 5.56 Å². The molecule has 1 aromatic rings. The molecule has 160 valence electrons. The van der Waals surface area contributed by atoms with E-state index < -0.39 is 53.4 Å². The number of hydrogen-bond donors (Lipinski definition) is 1. The third-order valence-electron chi connectivity index (χ3n) is 4.18. The highest BCUT2D eigenvalue weighted by Gasteiger charge is 2.42. The monoisotopic (exact) mass is 419 g/mol. The number of carbonyl (C=O) groups is 4. The molecule has 0 aromatic heterocycles. The van der Waals surface area contributed by atoms with E-state index in [4.69, 9.17) is 0 Å². The molecule has 8 nitrogen and oxygen atoms in total. The van der Waals surface area contributed by atoms with Gasteiger partial charge in [-0.1, -0.05) is 6.92 Å². The second kappa shape index (κ2) is 9.89. The molecule has 29 heavy (non-hydrogen) atoms. The highest BCUT2D eigenvalue weighted by Crippen LogP contribution is 2.29. The van der Waals surface area contributed by atoms with Gasteiger partial charge in [0.15, 0.2) is 5.92 Å². The van der Waals surface area contributed by atoms with Crippen molar-refractivity contribution in [2.45, 2.75) is 19.1 Å². The summed E-state index contributed by atoms with van der Waals surface area (Å²) >= 11 is 0. The van der Waals surface area contributed by atoms with Crippen LogP contribution in [0.2, 0.25) is 0 Å². The first-order chi connectivity index (χ1) is 13.5. The van der Waals surface area contributed by atoms with E-state index in [1.54, 1.807) is 0 Å². The lowest BCUT2D eigenvalue weighted by molar-refractivity contribution is -0.163. The zero-order valence-corrected chi connectivity index (χ0v) is 16.0. The van der Waals surface area contributed by atoms with Gasteiger partial charge in [0, 0.05) is 11.5 Å². The number of nitrogens with one attached hydrogen (secondary N) is 1. The zero-order chi connectivity index (χ0) is 22.4. The SMILES string of the molecule is COC(=O)C(C(=O)OC)[C@@H](C)[C@H](NC(=O)c1ccc(C(F)(F)F)cc1)C(=O)OC. The second-order valence-corrected chi connectivity index (χ2v) is 5.93. The average molecular weight is 419 g/mol. The number of halogens is 3. The number of benzene rings is 1.